The predicted octanol–water partition coefficient (Wildman–Crippen LogP) is 5.38. The van der Waals surface area contributed by atoms with Crippen molar-refractivity contribution in [1.29, 1.82) is 0 Å². The minimum atomic E-state index is -0.970. The summed E-state index contributed by atoms with van der Waals surface area (Å²) < 4.78 is 1.97. The van der Waals surface area contributed by atoms with Crippen molar-refractivity contribution in [3.05, 3.63) is 54.1 Å². The second-order valence-corrected chi connectivity index (χ2v) is 8.15. The highest BCUT2D eigenvalue weighted by Crippen LogP contribution is 2.35. The number of halogens is 3. The monoisotopic (exact) mass is 408 g/mol. The van der Waals surface area contributed by atoms with Crippen LogP contribution in [0.3, 0.4) is 0 Å². The Bertz CT molecular complexity index is 566. The Hall–Kier alpha value is 0.130. The molecule has 1 nitrogen and oxygen atoms in total. The lowest BCUT2D eigenvalue weighted by molar-refractivity contribution is 0.0586. The molecular formula is C13H11Br2ClOS. The molecule has 0 aliphatic carbocycles. The maximum absolute atomic E-state index is 10.6. The molecule has 0 aliphatic heterocycles. The molecule has 2 aromatic rings. The normalized spacial score (nSPS) is 14.5. The zero-order valence-corrected chi connectivity index (χ0v) is 14.3. The zero-order chi connectivity index (χ0) is 13.3. The number of aliphatic hydroxyl groups is 1. The number of benzene rings is 1. The Morgan fingerprint density at radius 3 is 2.56 bits per heavy atom. The molecule has 18 heavy (non-hydrogen) atoms. The lowest BCUT2D eigenvalue weighted by Gasteiger charge is -2.24. The highest BCUT2D eigenvalue weighted by atomic mass is 79.9. The minimum Gasteiger partial charge on any atom is -0.385 e. The summed E-state index contributed by atoms with van der Waals surface area (Å²) in [6.07, 6.45) is 0.546. The summed E-state index contributed by atoms with van der Waals surface area (Å²) in [5, 5.41) is 11.2. The van der Waals surface area contributed by atoms with Gasteiger partial charge in [0.05, 0.1) is 9.39 Å². The molecule has 0 saturated heterocycles. The quantitative estimate of drug-likeness (QED) is 0.721. The number of rotatable bonds is 3. The summed E-state index contributed by atoms with van der Waals surface area (Å²) in [5.41, 5.74) is -0.223. The largest absolute Gasteiger partial charge is 0.385 e. The van der Waals surface area contributed by atoms with Gasteiger partial charge >= 0.3 is 0 Å². The second kappa shape index (κ2) is 5.63. The highest BCUT2D eigenvalue weighted by Gasteiger charge is 2.26. The van der Waals surface area contributed by atoms with Crippen molar-refractivity contribution in [2.24, 2.45) is 0 Å². The predicted molar refractivity (Wildman–Crippen MR) is 84.4 cm³/mol. The molecule has 0 fully saturated rings. The van der Waals surface area contributed by atoms with Crippen LogP contribution in [-0.4, -0.2) is 5.11 Å². The summed E-state index contributed by atoms with van der Waals surface area (Å²) in [7, 11) is 0. The van der Waals surface area contributed by atoms with Crippen molar-refractivity contribution >= 4 is 54.8 Å². The fourth-order valence-electron chi connectivity index (χ4n) is 1.81. The first kappa shape index (κ1) is 14.5. The van der Waals surface area contributed by atoms with E-state index in [-0.39, 0.29) is 0 Å². The molecule has 96 valence electrons. The lowest BCUT2D eigenvalue weighted by Crippen LogP contribution is -2.24. The number of hydrogen-bond acceptors (Lipinski definition) is 2. The molecule has 2 rings (SSSR count). The highest BCUT2D eigenvalue weighted by molar-refractivity contribution is 9.11. The summed E-state index contributed by atoms with van der Waals surface area (Å²) in [5.74, 6) is 0. The Balaban J connectivity index is 2.29. The molecule has 1 heterocycles. The van der Waals surface area contributed by atoms with Gasteiger partial charge in [0.2, 0.25) is 0 Å². The molecular weight excluding hydrogens is 399 g/mol. The van der Waals surface area contributed by atoms with Gasteiger partial charge in [0.15, 0.2) is 0 Å². The summed E-state index contributed by atoms with van der Waals surface area (Å²) in [6.45, 7) is 1.79. The molecule has 1 N–H and O–H groups in total. The minimum absolute atomic E-state index is 0.546. The van der Waals surface area contributed by atoms with Crippen molar-refractivity contribution in [3.63, 3.8) is 0 Å². The molecule has 0 bridgehead atoms. The average molecular weight is 411 g/mol. The topological polar surface area (TPSA) is 20.2 Å². The van der Waals surface area contributed by atoms with Crippen LogP contribution >= 0.6 is 54.8 Å². The van der Waals surface area contributed by atoms with Crippen LogP contribution in [0.5, 0.6) is 0 Å². The maximum atomic E-state index is 10.6. The molecule has 5 heteroatoms. The first-order valence-electron chi connectivity index (χ1n) is 5.30. The lowest BCUT2D eigenvalue weighted by atomic mass is 9.92. The average Bonchev–Trinajstić information content (AvgIpc) is 2.62. The van der Waals surface area contributed by atoms with Gasteiger partial charge in [-0.05, 0) is 47.1 Å². The Kier molecular flexibility index (Phi) is 4.55. The molecule has 0 aliphatic rings. The fraction of sp³-hybridized carbons (Fsp3) is 0.231. The van der Waals surface area contributed by atoms with E-state index in [2.05, 4.69) is 31.9 Å². The van der Waals surface area contributed by atoms with E-state index in [1.807, 2.05) is 24.3 Å². The SMILES string of the molecule is CC(O)(Cc1ccc(Br)s1)c1ccc(Br)cc1Cl. The van der Waals surface area contributed by atoms with Gasteiger partial charge in [-0.3, -0.25) is 0 Å². The molecule has 0 spiro atoms. The van der Waals surface area contributed by atoms with Crippen molar-refractivity contribution in [3.8, 4) is 0 Å². The van der Waals surface area contributed by atoms with Gasteiger partial charge in [0, 0.05) is 26.4 Å². The third-order valence-electron chi connectivity index (χ3n) is 2.66. The van der Waals surface area contributed by atoms with Gasteiger partial charge in [-0.25, -0.2) is 0 Å². The number of hydrogen-bond donors (Lipinski definition) is 1. The van der Waals surface area contributed by atoms with E-state index in [0.717, 1.165) is 18.7 Å². The first-order chi connectivity index (χ1) is 8.38. The molecule has 0 amide bonds. The van der Waals surface area contributed by atoms with E-state index in [0.29, 0.717) is 11.4 Å². The smallest absolute Gasteiger partial charge is 0.0930 e. The third kappa shape index (κ3) is 3.36. The van der Waals surface area contributed by atoms with Crippen LogP contribution in [0.4, 0.5) is 0 Å². The zero-order valence-electron chi connectivity index (χ0n) is 9.58. The Morgan fingerprint density at radius 1 is 1.28 bits per heavy atom. The van der Waals surface area contributed by atoms with Gasteiger partial charge < -0.3 is 5.11 Å². The maximum Gasteiger partial charge on any atom is 0.0930 e. The van der Waals surface area contributed by atoms with E-state index >= 15 is 0 Å². The van der Waals surface area contributed by atoms with E-state index in [4.69, 9.17) is 11.6 Å². The standard InChI is InChI=1S/C13H11Br2ClOS/c1-13(17,7-9-3-5-12(15)18-9)10-4-2-8(14)6-11(10)16/h2-6,17H,7H2,1H3. The first-order valence-corrected chi connectivity index (χ1v) is 8.09. The van der Waals surface area contributed by atoms with Crippen molar-refractivity contribution < 1.29 is 5.11 Å². The fourth-order valence-corrected chi connectivity index (χ4v) is 4.32. The molecule has 1 aromatic carbocycles. The second-order valence-electron chi connectivity index (χ2n) is 4.28. The molecule has 1 atom stereocenters. The van der Waals surface area contributed by atoms with Gasteiger partial charge in [-0.15, -0.1) is 11.3 Å². The van der Waals surface area contributed by atoms with Gasteiger partial charge in [0.1, 0.15) is 0 Å². The molecule has 0 radical (unpaired) electrons. The van der Waals surface area contributed by atoms with E-state index < -0.39 is 5.60 Å². The van der Waals surface area contributed by atoms with Crippen LogP contribution in [0, 0.1) is 0 Å². The Labute approximate surface area is 132 Å². The van der Waals surface area contributed by atoms with E-state index in [1.54, 1.807) is 24.3 Å². The Morgan fingerprint density at radius 2 is 2.00 bits per heavy atom. The van der Waals surface area contributed by atoms with Gasteiger partial charge in [-0.1, -0.05) is 33.6 Å². The van der Waals surface area contributed by atoms with Crippen LogP contribution in [0.2, 0.25) is 5.02 Å². The van der Waals surface area contributed by atoms with E-state index in [1.165, 1.54) is 0 Å². The van der Waals surface area contributed by atoms with Crippen molar-refractivity contribution in [2.75, 3.05) is 0 Å². The molecule has 1 unspecified atom stereocenters. The van der Waals surface area contributed by atoms with Gasteiger partial charge in [-0.2, -0.15) is 0 Å². The van der Waals surface area contributed by atoms with Crippen LogP contribution in [0.1, 0.15) is 17.4 Å². The van der Waals surface area contributed by atoms with Crippen LogP contribution in [-0.2, 0) is 12.0 Å². The van der Waals surface area contributed by atoms with E-state index in [9.17, 15) is 5.11 Å². The molecule has 1 aromatic heterocycles. The summed E-state index contributed by atoms with van der Waals surface area (Å²) >= 11 is 14.6. The molecule has 0 saturated carbocycles. The van der Waals surface area contributed by atoms with Gasteiger partial charge in [0.25, 0.3) is 0 Å². The van der Waals surface area contributed by atoms with Crippen LogP contribution in [0.15, 0.2) is 38.6 Å². The number of thiophene rings is 1. The summed E-state index contributed by atoms with van der Waals surface area (Å²) in [4.78, 5) is 1.12. The third-order valence-corrected chi connectivity index (χ3v) is 5.09. The summed E-state index contributed by atoms with van der Waals surface area (Å²) in [6, 6.07) is 9.54. The van der Waals surface area contributed by atoms with Crippen LogP contribution in [0.25, 0.3) is 0 Å². The van der Waals surface area contributed by atoms with Crippen molar-refractivity contribution in [2.45, 2.75) is 18.9 Å². The van der Waals surface area contributed by atoms with Crippen LogP contribution < -0.4 is 0 Å². The van der Waals surface area contributed by atoms with Crippen molar-refractivity contribution in [1.82, 2.24) is 0 Å².